The van der Waals surface area contributed by atoms with Crippen molar-refractivity contribution in [2.75, 3.05) is 6.54 Å². The number of H-pyrrole nitrogens is 1. The number of aromatic amines is 1. The van der Waals surface area contributed by atoms with Gasteiger partial charge in [-0.25, -0.2) is 0 Å². The van der Waals surface area contributed by atoms with Gasteiger partial charge in [-0.2, -0.15) is 0 Å². The molecule has 8 heteroatoms. The van der Waals surface area contributed by atoms with Crippen molar-refractivity contribution < 1.29 is 19.1 Å². The van der Waals surface area contributed by atoms with Crippen LogP contribution in [-0.4, -0.2) is 37.0 Å². The van der Waals surface area contributed by atoms with Crippen molar-refractivity contribution in [2.45, 2.75) is 77.4 Å². The van der Waals surface area contributed by atoms with Crippen LogP contribution in [0.15, 0.2) is 83.7 Å². The highest BCUT2D eigenvalue weighted by Gasteiger charge is 2.39. The first-order valence-corrected chi connectivity index (χ1v) is 17.8. The third kappa shape index (κ3) is 8.66. The van der Waals surface area contributed by atoms with Gasteiger partial charge in [0.25, 0.3) is 0 Å². The van der Waals surface area contributed by atoms with Crippen molar-refractivity contribution in [1.29, 1.82) is 0 Å². The quantitative estimate of drug-likeness (QED) is 0.143. The van der Waals surface area contributed by atoms with E-state index in [1.807, 2.05) is 66.7 Å². The molecule has 0 fully saturated rings. The number of rotatable bonds is 13. The predicted molar refractivity (Wildman–Crippen MR) is 175 cm³/mol. The van der Waals surface area contributed by atoms with Crippen molar-refractivity contribution in [3.63, 3.8) is 0 Å². The fraction of sp³-hybridized carbons (Fsp3) is 0.371. The molecule has 0 aliphatic heterocycles. The van der Waals surface area contributed by atoms with Crippen LogP contribution in [0.4, 0.5) is 0 Å². The molecule has 228 valence electrons. The molecule has 1 aromatic heterocycles. The summed E-state index contributed by atoms with van der Waals surface area (Å²) >= 11 is 0. The Morgan fingerprint density at radius 1 is 0.930 bits per heavy atom. The van der Waals surface area contributed by atoms with E-state index < -0.39 is 14.3 Å². The maximum absolute atomic E-state index is 12.4. The van der Waals surface area contributed by atoms with Gasteiger partial charge in [-0.15, -0.1) is 0 Å². The van der Waals surface area contributed by atoms with Crippen LogP contribution in [0, 0.1) is 0 Å². The Bertz CT molecular complexity index is 1580. The van der Waals surface area contributed by atoms with Gasteiger partial charge in [-0.1, -0.05) is 81.4 Å². The summed E-state index contributed by atoms with van der Waals surface area (Å²) in [5, 5.41) is 13.7. The normalized spacial score (nSPS) is 13.5. The molecule has 3 aromatic carbocycles. The van der Waals surface area contributed by atoms with E-state index in [0.717, 1.165) is 34.1 Å². The third-order valence-electron chi connectivity index (χ3n) is 8.29. The number of carboxylic acids is 1. The molecule has 1 heterocycles. The van der Waals surface area contributed by atoms with E-state index in [-0.39, 0.29) is 29.2 Å². The molecule has 0 saturated carbocycles. The average Bonchev–Trinajstić information content (AvgIpc) is 2.94. The summed E-state index contributed by atoms with van der Waals surface area (Å²) in [5.74, 6) is -0.206. The van der Waals surface area contributed by atoms with Crippen molar-refractivity contribution in [1.82, 2.24) is 10.3 Å². The second-order valence-electron chi connectivity index (χ2n) is 12.8. The molecular weight excluding hydrogens is 556 g/mol. The maximum Gasteiger partial charge on any atom is 0.307 e. The van der Waals surface area contributed by atoms with Crippen molar-refractivity contribution in [3.8, 4) is 5.75 Å². The molecule has 0 aliphatic rings. The zero-order valence-corrected chi connectivity index (χ0v) is 27.1. The highest BCUT2D eigenvalue weighted by Crippen LogP contribution is 2.41. The molecular formula is C35H44N2O5Si. The minimum atomic E-state index is -2.18. The Balaban J connectivity index is 1.60. The second-order valence-corrected chi connectivity index (χ2v) is 17.6. The molecule has 43 heavy (non-hydrogen) atoms. The van der Waals surface area contributed by atoms with Crippen LogP contribution in [0.5, 0.6) is 5.75 Å². The molecule has 0 radical (unpaired) electrons. The summed E-state index contributed by atoms with van der Waals surface area (Å²) in [4.78, 5) is 26.5. The molecule has 2 atom stereocenters. The molecule has 0 amide bonds. The Labute approximate surface area is 255 Å². The molecule has 0 aliphatic carbocycles. The van der Waals surface area contributed by atoms with Gasteiger partial charge in [-0.3, -0.25) is 9.59 Å². The largest absolute Gasteiger partial charge is 0.487 e. The molecule has 3 N–H and O–H groups in total. The molecule has 0 bridgehead atoms. The Hall–Kier alpha value is -3.72. The van der Waals surface area contributed by atoms with Gasteiger partial charge < -0.3 is 24.6 Å². The van der Waals surface area contributed by atoms with E-state index in [1.165, 1.54) is 0 Å². The number of hydrogen-bond acceptors (Lipinski definition) is 5. The topological polar surface area (TPSA) is 101 Å². The molecule has 4 rings (SSSR count). The van der Waals surface area contributed by atoms with Crippen LogP contribution in [-0.2, 0) is 28.7 Å². The fourth-order valence-corrected chi connectivity index (χ4v) is 6.11. The predicted octanol–water partition coefficient (Wildman–Crippen LogP) is 7.02. The zero-order valence-electron chi connectivity index (χ0n) is 26.1. The van der Waals surface area contributed by atoms with Gasteiger partial charge in [-0.05, 0) is 65.9 Å². The minimum absolute atomic E-state index is 0.0113. The summed E-state index contributed by atoms with van der Waals surface area (Å²) in [6.45, 7) is 14.3. The number of fused-ring (bicyclic) bond motifs is 1. The van der Waals surface area contributed by atoms with Gasteiger partial charge in [0.1, 0.15) is 12.4 Å². The van der Waals surface area contributed by atoms with E-state index in [9.17, 15) is 9.59 Å². The highest BCUT2D eigenvalue weighted by molar-refractivity contribution is 6.74. The first-order chi connectivity index (χ1) is 20.3. The first-order valence-electron chi connectivity index (χ1n) is 14.9. The number of aromatic nitrogens is 1. The number of carbonyl (C=O) groups is 1. The second kappa shape index (κ2) is 13.7. The van der Waals surface area contributed by atoms with Gasteiger partial charge in [0, 0.05) is 24.0 Å². The minimum Gasteiger partial charge on any atom is -0.487 e. The lowest BCUT2D eigenvalue weighted by Gasteiger charge is -2.40. The molecule has 7 nitrogen and oxygen atoms in total. The summed E-state index contributed by atoms with van der Waals surface area (Å²) < 4.78 is 13.2. The number of ether oxygens (including phenoxy) is 1. The highest BCUT2D eigenvalue weighted by atomic mass is 28.4. The standard InChI is InChI=1S/C35H44N2O5Si/c1-24(20-25-12-14-26(15-13-25)21-33(39)40)36-22-31(42-43(5,6)35(2,3)4)28-16-18-30(34-29(28)17-19-32(38)37-34)41-23-27-10-8-7-9-11-27/h7-19,24,31,36H,20-23H2,1-6H3,(H,37,38)(H,39,40)/t24-,31+/m1/s1. The van der Waals surface area contributed by atoms with E-state index in [2.05, 4.69) is 57.2 Å². The van der Waals surface area contributed by atoms with Gasteiger partial charge in [0.05, 0.1) is 18.0 Å². The lowest BCUT2D eigenvalue weighted by Crippen LogP contribution is -2.44. The molecule has 0 saturated heterocycles. The van der Waals surface area contributed by atoms with Gasteiger partial charge in [0.2, 0.25) is 5.56 Å². The average molecular weight is 601 g/mol. The van der Waals surface area contributed by atoms with Crippen LogP contribution in [0.3, 0.4) is 0 Å². The number of carboxylic acid groups (broad SMARTS) is 1. The number of nitrogens with one attached hydrogen (secondary N) is 2. The van der Waals surface area contributed by atoms with Crippen molar-refractivity contribution in [2.24, 2.45) is 0 Å². The lowest BCUT2D eigenvalue weighted by molar-refractivity contribution is -0.136. The lowest BCUT2D eigenvalue weighted by atomic mass is 10.0. The van der Waals surface area contributed by atoms with Crippen molar-refractivity contribution >= 4 is 25.2 Å². The number of pyridine rings is 1. The summed E-state index contributed by atoms with van der Waals surface area (Å²) in [6, 6.07) is 25.3. The SMILES string of the molecule is C[C@H](Cc1ccc(CC(=O)O)cc1)NC[C@H](O[Si](C)(C)C(C)(C)C)c1ccc(OCc2ccccc2)c2[nH]c(=O)ccc12. The summed E-state index contributed by atoms with van der Waals surface area (Å²) in [7, 11) is -2.18. The third-order valence-corrected chi connectivity index (χ3v) is 12.8. The number of aliphatic carboxylic acids is 1. The number of benzene rings is 3. The smallest absolute Gasteiger partial charge is 0.307 e. The molecule has 0 unspecified atom stereocenters. The Morgan fingerprint density at radius 2 is 1.60 bits per heavy atom. The molecule has 0 spiro atoms. The Morgan fingerprint density at radius 3 is 2.26 bits per heavy atom. The first kappa shape index (κ1) is 32.2. The van der Waals surface area contributed by atoms with E-state index >= 15 is 0 Å². The Kier molecular flexibility index (Phi) is 10.3. The van der Waals surface area contributed by atoms with Gasteiger partial charge in [0.15, 0.2) is 8.32 Å². The van der Waals surface area contributed by atoms with Crippen molar-refractivity contribution in [3.05, 3.63) is 111 Å². The van der Waals surface area contributed by atoms with Crippen LogP contribution >= 0.6 is 0 Å². The molecule has 4 aromatic rings. The van der Waals surface area contributed by atoms with Crippen LogP contribution < -0.4 is 15.6 Å². The monoisotopic (exact) mass is 600 g/mol. The van der Waals surface area contributed by atoms with Crippen LogP contribution in [0.1, 0.15) is 56.1 Å². The van der Waals surface area contributed by atoms with E-state index in [0.29, 0.717) is 24.4 Å². The fourth-order valence-electron chi connectivity index (χ4n) is 4.83. The number of hydrogen-bond donors (Lipinski definition) is 3. The van der Waals surface area contributed by atoms with Gasteiger partial charge >= 0.3 is 5.97 Å². The van der Waals surface area contributed by atoms with E-state index in [4.69, 9.17) is 14.3 Å². The van der Waals surface area contributed by atoms with Crippen LogP contribution in [0.25, 0.3) is 10.9 Å². The maximum atomic E-state index is 12.4. The summed E-state index contributed by atoms with van der Waals surface area (Å²) in [6.07, 6.45) is 0.564. The van der Waals surface area contributed by atoms with E-state index in [1.54, 1.807) is 6.07 Å². The van der Waals surface area contributed by atoms with Crippen LogP contribution in [0.2, 0.25) is 18.1 Å². The zero-order chi connectivity index (χ0) is 31.2. The summed E-state index contributed by atoms with van der Waals surface area (Å²) in [5.41, 5.74) is 4.46.